The Morgan fingerprint density at radius 3 is 2.72 bits per heavy atom. The lowest BCUT2D eigenvalue weighted by molar-refractivity contribution is -0.136. The number of aryl methyl sites for hydroxylation is 1. The van der Waals surface area contributed by atoms with Gasteiger partial charge >= 0.3 is 5.97 Å². The number of hydrogen-bond acceptors (Lipinski definition) is 3. The highest BCUT2D eigenvalue weighted by Gasteiger charge is 2.21. The number of ether oxygens (including phenoxy) is 2. The van der Waals surface area contributed by atoms with Gasteiger partial charge < -0.3 is 14.6 Å². The molecular formula is C14H18O4. The topological polar surface area (TPSA) is 55.8 Å². The van der Waals surface area contributed by atoms with Crippen LogP contribution in [0.1, 0.15) is 37.3 Å². The van der Waals surface area contributed by atoms with Crippen LogP contribution in [0.3, 0.4) is 0 Å². The summed E-state index contributed by atoms with van der Waals surface area (Å²) in [5, 5.41) is 8.79. The number of aliphatic carboxylic acids is 1. The van der Waals surface area contributed by atoms with E-state index in [-0.39, 0.29) is 12.3 Å². The molecule has 0 unspecified atom stereocenters. The Morgan fingerprint density at radius 2 is 2.06 bits per heavy atom. The fraction of sp³-hybridized carbons (Fsp3) is 0.500. The Balaban J connectivity index is 2.37. The summed E-state index contributed by atoms with van der Waals surface area (Å²) in [6.45, 7) is 5.28. The Morgan fingerprint density at radius 1 is 1.33 bits per heavy atom. The fourth-order valence-corrected chi connectivity index (χ4v) is 2.27. The van der Waals surface area contributed by atoms with Crippen LogP contribution in [0.15, 0.2) is 12.1 Å². The van der Waals surface area contributed by atoms with Crippen LogP contribution < -0.4 is 9.47 Å². The molecule has 0 aromatic heterocycles. The number of carboxylic acid groups (broad SMARTS) is 1. The van der Waals surface area contributed by atoms with Crippen molar-refractivity contribution in [2.75, 3.05) is 13.2 Å². The van der Waals surface area contributed by atoms with Crippen molar-refractivity contribution >= 4 is 5.97 Å². The zero-order valence-corrected chi connectivity index (χ0v) is 10.7. The second kappa shape index (κ2) is 5.29. The van der Waals surface area contributed by atoms with Gasteiger partial charge in [0.2, 0.25) is 0 Å². The third kappa shape index (κ3) is 2.58. The number of fused-ring (bicyclic) bond motifs is 1. The van der Waals surface area contributed by atoms with Gasteiger partial charge in [-0.1, -0.05) is 19.9 Å². The zero-order chi connectivity index (χ0) is 13.1. The van der Waals surface area contributed by atoms with Crippen molar-refractivity contribution in [1.29, 1.82) is 0 Å². The first kappa shape index (κ1) is 12.7. The predicted octanol–water partition coefficient (Wildman–Crippen LogP) is 2.60. The maximum absolute atomic E-state index is 10.7. The molecule has 2 rings (SSSR count). The highest BCUT2D eigenvalue weighted by Crippen LogP contribution is 2.40. The number of benzene rings is 1. The summed E-state index contributed by atoms with van der Waals surface area (Å²) in [6.07, 6.45) is 0.666. The van der Waals surface area contributed by atoms with Gasteiger partial charge in [-0.15, -0.1) is 0 Å². The summed E-state index contributed by atoms with van der Waals surface area (Å²) in [4.78, 5) is 10.7. The van der Waals surface area contributed by atoms with Crippen LogP contribution in [0.4, 0.5) is 0 Å². The standard InChI is InChI=1S/C14H18O4/c1-9(2)13-10(4-6-12(15)16)3-5-11-14(13)18-8-7-17-11/h3,5,9H,4,6-8H2,1-2H3,(H,15,16). The van der Waals surface area contributed by atoms with Crippen molar-refractivity contribution in [3.05, 3.63) is 23.3 Å². The lowest BCUT2D eigenvalue weighted by Gasteiger charge is -2.24. The number of rotatable bonds is 4. The molecule has 0 radical (unpaired) electrons. The van der Waals surface area contributed by atoms with Gasteiger partial charge in [0.15, 0.2) is 11.5 Å². The van der Waals surface area contributed by atoms with Gasteiger partial charge in [0.25, 0.3) is 0 Å². The first-order valence-electron chi connectivity index (χ1n) is 6.22. The summed E-state index contributed by atoms with van der Waals surface area (Å²) in [7, 11) is 0. The van der Waals surface area contributed by atoms with E-state index in [4.69, 9.17) is 14.6 Å². The summed E-state index contributed by atoms with van der Waals surface area (Å²) in [5.41, 5.74) is 2.12. The Hall–Kier alpha value is -1.71. The van der Waals surface area contributed by atoms with E-state index in [1.165, 1.54) is 0 Å². The molecule has 0 aliphatic carbocycles. The number of hydrogen-bond donors (Lipinski definition) is 1. The van der Waals surface area contributed by atoms with Crippen LogP contribution >= 0.6 is 0 Å². The van der Waals surface area contributed by atoms with Gasteiger partial charge in [0.1, 0.15) is 13.2 Å². The summed E-state index contributed by atoms with van der Waals surface area (Å²) in [6, 6.07) is 3.82. The molecule has 4 nitrogen and oxygen atoms in total. The van der Waals surface area contributed by atoms with E-state index in [1.807, 2.05) is 12.1 Å². The molecule has 1 N–H and O–H groups in total. The van der Waals surface area contributed by atoms with Gasteiger partial charge in [0.05, 0.1) is 0 Å². The van der Waals surface area contributed by atoms with Crippen LogP contribution in [0, 0.1) is 0 Å². The minimum Gasteiger partial charge on any atom is -0.486 e. The van der Waals surface area contributed by atoms with Gasteiger partial charge in [0, 0.05) is 12.0 Å². The van der Waals surface area contributed by atoms with Crippen LogP contribution in [0.5, 0.6) is 11.5 Å². The maximum Gasteiger partial charge on any atom is 0.303 e. The van der Waals surface area contributed by atoms with Crippen molar-refractivity contribution in [3.8, 4) is 11.5 Å². The van der Waals surface area contributed by atoms with E-state index < -0.39 is 5.97 Å². The quantitative estimate of drug-likeness (QED) is 0.892. The Bertz CT molecular complexity index is 451. The highest BCUT2D eigenvalue weighted by atomic mass is 16.6. The summed E-state index contributed by atoms with van der Waals surface area (Å²) >= 11 is 0. The lowest BCUT2D eigenvalue weighted by atomic mass is 9.92. The molecule has 1 aromatic rings. The molecule has 1 aliphatic heterocycles. The zero-order valence-electron chi connectivity index (χ0n) is 10.7. The lowest BCUT2D eigenvalue weighted by Crippen LogP contribution is -2.18. The Labute approximate surface area is 107 Å². The first-order chi connectivity index (χ1) is 8.59. The molecule has 0 spiro atoms. The normalized spacial score (nSPS) is 13.7. The Kier molecular flexibility index (Phi) is 3.75. The first-order valence-corrected chi connectivity index (χ1v) is 6.22. The summed E-state index contributed by atoms with van der Waals surface area (Å²) < 4.78 is 11.2. The molecule has 18 heavy (non-hydrogen) atoms. The largest absolute Gasteiger partial charge is 0.486 e. The van der Waals surface area contributed by atoms with Gasteiger partial charge in [-0.3, -0.25) is 4.79 Å². The van der Waals surface area contributed by atoms with Crippen LogP contribution in [0.25, 0.3) is 0 Å². The van der Waals surface area contributed by atoms with Crippen molar-refractivity contribution in [2.24, 2.45) is 0 Å². The molecule has 0 fully saturated rings. The molecule has 1 aliphatic rings. The van der Waals surface area contributed by atoms with E-state index in [0.29, 0.717) is 19.6 Å². The molecule has 0 amide bonds. The van der Waals surface area contributed by atoms with E-state index in [1.54, 1.807) is 0 Å². The minimum absolute atomic E-state index is 0.138. The van der Waals surface area contributed by atoms with Gasteiger partial charge in [-0.2, -0.15) is 0 Å². The smallest absolute Gasteiger partial charge is 0.303 e. The number of carboxylic acids is 1. The number of carbonyl (C=O) groups is 1. The molecule has 4 heteroatoms. The second-order valence-corrected chi connectivity index (χ2v) is 4.71. The van der Waals surface area contributed by atoms with E-state index in [9.17, 15) is 4.79 Å². The van der Waals surface area contributed by atoms with Gasteiger partial charge in [-0.25, -0.2) is 0 Å². The van der Waals surface area contributed by atoms with E-state index >= 15 is 0 Å². The molecule has 0 saturated carbocycles. The maximum atomic E-state index is 10.7. The summed E-state index contributed by atoms with van der Waals surface area (Å²) in [5.74, 6) is 1.06. The predicted molar refractivity (Wildman–Crippen MR) is 67.5 cm³/mol. The third-order valence-electron chi connectivity index (χ3n) is 3.02. The molecule has 0 atom stereocenters. The van der Waals surface area contributed by atoms with Crippen LogP contribution in [0.2, 0.25) is 0 Å². The molecular weight excluding hydrogens is 232 g/mol. The second-order valence-electron chi connectivity index (χ2n) is 4.71. The SMILES string of the molecule is CC(C)c1c(CCC(=O)O)ccc2c1OCCO2. The third-order valence-corrected chi connectivity index (χ3v) is 3.02. The van der Waals surface area contributed by atoms with Crippen molar-refractivity contribution in [3.63, 3.8) is 0 Å². The van der Waals surface area contributed by atoms with Crippen molar-refractivity contribution < 1.29 is 19.4 Å². The van der Waals surface area contributed by atoms with Crippen LogP contribution in [-0.2, 0) is 11.2 Å². The van der Waals surface area contributed by atoms with Crippen molar-refractivity contribution in [1.82, 2.24) is 0 Å². The average Bonchev–Trinajstić information content (AvgIpc) is 2.35. The molecule has 1 heterocycles. The highest BCUT2D eigenvalue weighted by molar-refractivity contribution is 5.67. The molecule has 0 saturated heterocycles. The minimum atomic E-state index is -0.778. The van der Waals surface area contributed by atoms with Gasteiger partial charge in [-0.05, 0) is 24.0 Å². The molecule has 98 valence electrons. The van der Waals surface area contributed by atoms with E-state index in [2.05, 4.69) is 13.8 Å². The average molecular weight is 250 g/mol. The molecule has 1 aromatic carbocycles. The fourth-order valence-electron chi connectivity index (χ4n) is 2.27. The molecule has 0 bridgehead atoms. The van der Waals surface area contributed by atoms with E-state index in [0.717, 1.165) is 22.6 Å². The van der Waals surface area contributed by atoms with Crippen molar-refractivity contribution in [2.45, 2.75) is 32.6 Å². The monoisotopic (exact) mass is 250 g/mol. The van der Waals surface area contributed by atoms with Crippen LogP contribution in [-0.4, -0.2) is 24.3 Å².